The predicted molar refractivity (Wildman–Crippen MR) is 120 cm³/mol. The van der Waals surface area contributed by atoms with E-state index < -0.39 is 5.79 Å². The molecule has 0 bridgehead atoms. The summed E-state index contributed by atoms with van der Waals surface area (Å²) in [5, 5.41) is 9.76. The maximum absolute atomic E-state index is 11.7. The first-order valence-electron chi connectivity index (χ1n) is 10.4. The van der Waals surface area contributed by atoms with Crippen LogP contribution in [0.5, 0.6) is 0 Å². The molecule has 0 aromatic heterocycles. The Balaban J connectivity index is 0.000000203. The first kappa shape index (κ1) is 25.2. The minimum absolute atomic E-state index is 0.112. The van der Waals surface area contributed by atoms with Crippen LogP contribution in [0.25, 0.3) is 11.1 Å². The Morgan fingerprint density at radius 1 is 1.09 bits per heavy atom. The minimum atomic E-state index is -0.511. The number of carbonyl (C=O) groups excluding carboxylic acids is 2. The smallest absolute Gasteiger partial charge is 0.290 e. The van der Waals surface area contributed by atoms with Gasteiger partial charge in [0.25, 0.3) is 6.47 Å². The van der Waals surface area contributed by atoms with Gasteiger partial charge in [0.05, 0.1) is 26.3 Å². The van der Waals surface area contributed by atoms with Gasteiger partial charge in [-0.3, -0.25) is 14.4 Å². The van der Waals surface area contributed by atoms with Crippen LogP contribution in [0.1, 0.15) is 23.7 Å². The van der Waals surface area contributed by atoms with Gasteiger partial charge in [-0.05, 0) is 25.1 Å². The van der Waals surface area contributed by atoms with E-state index >= 15 is 0 Å². The first-order chi connectivity index (χ1) is 15.5. The number of aldehydes is 1. The summed E-state index contributed by atoms with van der Waals surface area (Å²) in [5.41, 5.74) is 3.02. The van der Waals surface area contributed by atoms with Crippen molar-refractivity contribution in [1.29, 1.82) is 0 Å². The molecule has 2 saturated heterocycles. The number of likely N-dealkylation sites (tertiary alicyclic amines) is 1. The Labute approximate surface area is 188 Å². The Hall–Kier alpha value is -3.07. The third-order valence-corrected chi connectivity index (χ3v) is 5.17. The monoisotopic (exact) mass is 442 g/mol. The summed E-state index contributed by atoms with van der Waals surface area (Å²) in [5.74, 6) is -0.399. The number of amides is 1. The maximum atomic E-state index is 11.7. The van der Waals surface area contributed by atoms with E-state index in [2.05, 4.69) is 17.4 Å². The van der Waals surface area contributed by atoms with Gasteiger partial charge in [0.2, 0.25) is 5.91 Å². The van der Waals surface area contributed by atoms with E-state index in [1.807, 2.05) is 54.3 Å². The van der Waals surface area contributed by atoms with Crippen LogP contribution in [0.15, 0.2) is 54.6 Å². The largest absolute Gasteiger partial charge is 0.483 e. The van der Waals surface area contributed by atoms with E-state index in [9.17, 15) is 9.59 Å². The molecule has 2 fully saturated rings. The van der Waals surface area contributed by atoms with Gasteiger partial charge in [-0.2, -0.15) is 0 Å². The van der Waals surface area contributed by atoms with Crippen LogP contribution in [0.4, 0.5) is 0 Å². The van der Waals surface area contributed by atoms with Crippen molar-refractivity contribution >= 4 is 18.7 Å². The van der Waals surface area contributed by atoms with Crippen molar-refractivity contribution in [3.05, 3.63) is 60.2 Å². The molecule has 8 heteroatoms. The zero-order chi connectivity index (χ0) is 23.4. The first-order valence-corrected chi connectivity index (χ1v) is 10.4. The Kier molecular flexibility index (Phi) is 10.0. The zero-order valence-electron chi connectivity index (χ0n) is 18.4. The van der Waals surface area contributed by atoms with Crippen molar-refractivity contribution in [2.75, 3.05) is 33.4 Å². The van der Waals surface area contributed by atoms with Crippen LogP contribution < -0.4 is 5.32 Å². The van der Waals surface area contributed by atoms with Crippen LogP contribution in [0.2, 0.25) is 0 Å². The summed E-state index contributed by atoms with van der Waals surface area (Å²) in [7, 11) is 1.77. The number of hydrogen-bond acceptors (Lipinski definition) is 6. The number of likely N-dealkylation sites (N-methyl/N-ethyl adjacent to an activating group) is 1. The average molecular weight is 443 g/mol. The van der Waals surface area contributed by atoms with Crippen molar-refractivity contribution in [2.45, 2.75) is 25.2 Å². The minimum Gasteiger partial charge on any atom is -0.483 e. The number of nitrogens with zero attached hydrogens (tertiary/aromatic N) is 1. The van der Waals surface area contributed by atoms with E-state index in [1.165, 1.54) is 5.56 Å². The molecule has 2 aromatic rings. The number of hydrogen-bond donors (Lipinski definition) is 2. The topological polar surface area (TPSA) is 105 Å². The molecular weight excluding hydrogens is 412 g/mol. The average Bonchev–Trinajstić information content (AvgIpc) is 3.41. The zero-order valence-corrected chi connectivity index (χ0v) is 18.4. The van der Waals surface area contributed by atoms with Gasteiger partial charge in [0.15, 0.2) is 5.79 Å². The predicted octanol–water partition coefficient (Wildman–Crippen LogP) is 2.44. The third kappa shape index (κ3) is 6.98. The number of rotatable bonds is 4. The van der Waals surface area contributed by atoms with Crippen LogP contribution in [-0.2, 0) is 19.1 Å². The summed E-state index contributed by atoms with van der Waals surface area (Å²) in [6.07, 6.45) is 1.64. The molecule has 1 atom stereocenters. The van der Waals surface area contributed by atoms with Crippen LogP contribution in [-0.4, -0.2) is 73.9 Å². The van der Waals surface area contributed by atoms with Crippen LogP contribution in [0.3, 0.4) is 0 Å². The second kappa shape index (κ2) is 12.7. The van der Waals surface area contributed by atoms with Crippen molar-refractivity contribution in [3.63, 3.8) is 0 Å². The molecule has 1 amide bonds. The number of carboxylic acid groups (broad SMARTS) is 1. The van der Waals surface area contributed by atoms with Crippen molar-refractivity contribution < 1.29 is 29.0 Å². The summed E-state index contributed by atoms with van der Waals surface area (Å²) in [6.45, 7) is 4.00. The fraction of sp³-hybridized carbons (Fsp3) is 0.375. The molecule has 2 aliphatic rings. The number of benzene rings is 2. The highest BCUT2D eigenvalue weighted by Crippen LogP contribution is 2.34. The van der Waals surface area contributed by atoms with E-state index in [4.69, 9.17) is 19.4 Å². The molecule has 2 N–H and O–H groups in total. The van der Waals surface area contributed by atoms with Gasteiger partial charge in [-0.15, -0.1) is 0 Å². The second-order valence-electron chi connectivity index (χ2n) is 7.42. The highest BCUT2D eigenvalue weighted by molar-refractivity contribution is 5.79. The number of carbonyl (C=O) groups is 3. The summed E-state index contributed by atoms with van der Waals surface area (Å²) in [4.78, 5) is 32.4. The van der Waals surface area contributed by atoms with Gasteiger partial charge >= 0.3 is 0 Å². The third-order valence-electron chi connectivity index (χ3n) is 5.17. The lowest BCUT2D eigenvalue weighted by atomic mass is 10.0. The number of ether oxygens (including phenoxy) is 2. The molecule has 0 saturated carbocycles. The molecule has 8 nitrogen and oxygen atoms in total. The Morgan fingerprint density at radius 3 is 2.19 bits per heavy atom. The summed E-state index contributed by atoms with van der Waals surface area (Å²) >= 11 is 0. The molecule has 32 heavy (non-hydrogen) atoms. The van der Waals surface area contributed by atoms with Crippen LogP contribution in [0, 0.1) is 0 Å². The second-order valence-corrected chi connectivity index (χ2v) is 7.42. The SMILES string of the molecule is CNCC(=O)N1CC2(CC1C)OCCO2.O=CO.O=Cc1ccc(-c2ccccc2)cc1. The quantitative estimate of drug-likeness (QED) is 0.701. The van der Waals surface area contributed by atoms with E-state index in [1.54, 1.807) is 7.05 Å². The molecular formula is C24H30N2O6. The fourth-order valence-corrected chi connectivity index (χ4v) is 3.72. The lowest BCUT2D eigenvalue weighted by molar-refractivity contribution is -0.152. The van der Waals surface area contributed by atoms with Crippen molar-refractivity contribution in [3.8, 4) is 11.1 Å². The van der Waals surface area contributed by atoms with Gasteiger partial charge in [-0.1, -0.05) is 54.6 Å². The standard InChI is InChI=1S/C13H10O.C10H18N2O3.CH2O2/c14-10-11-6-8-13(9-7-11)12-4-2-1-3-5-12;1-8-5-10(14-3-4-15-10)7-12(8)9(13)6-11-2;2-1-3/h1-10H;8,11H,3-7H2,1-2H3;1H,(H,2,3). The molecule has 2 aromatic carbocycles. The van der Waals surface area contributed by atoms with E-state index in [0.717, 1.165) is 18.3 Å². The lowest BCUT2D eigenvalue weighted by Crippen LogP contribution is -2.41. The molecule has 2 aliphatic heterocycles. The molecule has 4 rings (SSSR count). The van der Waals surface area contributed by atoms with Gasteiger partial charge in [-0.25, -0.2) is 0 Å². The highest BCUT2D eigenvalue weighted by atomic mass is 16.7. The lowest BCUT2D eigenvalue weighted by Gasteiger charge is -2.23. The Bertz CT molecular complexity index is 851. The molecule has 0 radical (unpaired) electrons. The molecule has 172 valence electrons. The molecule has 0 aliphatic carbocycles. The highest BCUT2D eigenvalue weighted by Gasteiger charge is 2.48. The van der Waals surface area contributed by atoms with E-state index in [-0.39, 0.29) is 18.4 Å². The maximum Gasteiger partial charge on any atom is 0.290 e. The summed E-state index contributed by atoms with van der Waals surface area (Å²) in [6, 6.07) is 17.9. The Morgan fingerprint density at radius 2 is 1.66 bits per heavy atom. The normalized spacial score (nSPS) is 18.2. The van der Waals surface area contributed by atoms with E-state index in [0.29, 0.717) is 31.9 Å². The molecule has 1 spiro atoms. The van der Waals surface area contributed by atoms with Crippen molar-refractivity contribution in [2.24, 2.45) is 0 Å². The summed E-state index contributed by atoms with van der Waals surface area (Å²) < 4.78 is 11.2. The fourth-order valence-electron chi connectivity index (χ4n) is 3.72. The molecule has 1 unspecified atom stereocenters. The van der Waals surface area contributed by atoms with Gasteiger partial charge < -0.3 is 24.8 Å². The molecule has 2 heterocycles. The van der Waals surface area contributed by atoms with Crippen molar-refractivity contribution in [1.82, 2.24) is 10.2 Å². The van der Waals surface area contributed by atoms with Gasteiger partial charge in [0, 0.05) is 18.0 Å². The number of nitrogens with one attached hydrogen (secondary N) is 1. The van der Waals surface area contributed by atoms with Gasteiger partial charge in [0.1, 0.15) is 6.29 Å². The van der Waals surface area contributed by atoms with Crippen LogP contribution >= 0.6 is 0 Å².